The number of hydrogen-bond donors (Lipinski definition) is 2. The fraction of sp³-hybridized carbons (Fsp3) is 0.250. The summed E-state index contributed by atoms with van der Waals surface area (Å²) in [6.45, 7) is 0.961. The van der Waals surface area contributed by atoms with E-state index in [-0.39, 0.29) is 36.6 Å². The minimum atomic E-state index is -0.436. The Kier molecular flexibility index (Phi) is 8.74. The van der Waals surface area contributed by atoms with Gasteiger partial charge in [0.25, 0.3) is 11.8 Å². The summed E-state index contributed by atoms with van der Waals surface area (Å²) in [7, 11) is 2.85. The number of carbonyl (C=O) groups excluding carboxylic acids is 4. The highest BCUT2D eigenvalue weighted by atomic mass is 32.1. The van der Waals surface area contributed by atoms with E-state index in [9.17, 15) is 19.2 Å². The van der Waals surface area contributed by atoms with E-state index in [2.05, 4.69) is 15.6 Å². The molecule has 3 amide bonds. The second-order valence-corrected chi connectivity index (χ2v) is 12.8. The normalized spacial score (nSPS) is 15.1. The first-order valence-electron chi connectivity index (χ1n) is 15.8. The van der Waals surface area contributed by atoms with E-state index < -0.39 is 11.9 Å². The number of methoxy groups -OCH3 is 2. The van der Waals surface area contributed by atoms with E-state index in [1.807, 2.05) is 17.2 Å². The van der Waals surface area contributed by atoms with Crippen molar-refractivity contribution in [2.75, 3.05) is 38.0 Å². The lowest BCUT2D eigenvalue weighted by Gasteiger charge is -2.20. The van der Waals surface area contributed by atoms with Crippen LogP contribution < -0.4 is 20.1 Å². The van der Waals surface area contributed by atoms with Crippen molar-refractivity contribution in [1.29, 1.82) is 0 Å². The third-order valence-electron chi connectivity index (χ3n) is 8.45. The zero-order chi connectivity index (χ0) is 34.1. The number of nitrogens with zero attached hydrogens (tertiary/aromatic N) is 2. The Bertz CT molecular complexity index is 2150. The van der Waals surface area contributed by atoms with Gasteiger partial charge < -0.3 is 34.2 Å². The van der Waals surface area contributed by atoms with Crippen LogP contribution in [0.3, 0.4) is 0 Å². The lowest BCUT2D eigenvalue weighted by Crippen LogP contribution is -2.35. The Hall–Kier alpha value is -5.69. The minimum Gasteiger partial charge on any atom is -0.493 e. The first-order valence-corrected chi connectivity index (χ1v) is 16.6. The van der Waals surface area contributed by atoms with Crippen molar-refractivity contribution in [3.05, 3.63) is 76.9 Å². The molecule has 1 atom stereocenters. The lowest BCUT2D eigenvalue weighted by molar-refractivity contribution is -0.116. The molecule has 0 bridgehead atoms. The predicted molar refractivity (Wildman–Crippen MR) is 186 cm³/mol. The molecule has 3 aromatic carbocycles. The van der Waals surface area contributed by atoms with E-state index in [0.29, 0.717) is 62.9 Å². The van der Waals surface area contributed by atoms with Crippen molar-refractivity contribution in [2.45, 2.75) is 31.7 Å². The quantitative estimate of drug-likeness (QED) is 0.121. The van der Waals surface area contributed by atoms with Crippen molar-refractivity contribution < 1.29 is 37.8 Å². The largest absolute Gasteiger partial charge is 0.493 e. The summed E-state index contributed by atoms with van der Waals surface area (Å²) in [6, 6.07) is 17.2. The first-order chi connectivity index (χ1) is 23.8. The topological polar surface area (TPSA) is 149 Å². The Morgan fingerprint density at radius 2 is 1.80 bits per heavy atom. The van der Waals surface area contributed by atoms with Crippen LogP contribution in [0, 0.1) is 0 Å². The van der Waals surface area contributed by atoms with Gasteiger partial charge in [0, 0.05) is 46.7 Å². The number of amides is 3. The molecule has 2 aromatic heterocycles. The number of aliphatic imine (C=N–C) groups is 1. The highest BCUT2D eigenvalue weighted by Gasteiger charge is 2.32. The molecule has 0 aliphatic carbocycles. The van der Waals surface area contributed by atoms with Crippen LogP contribution in [0.15, 0.2) is 70.1 Å². The van der Waals surface area contributed by atoms with Gasteiger partial charge in [0.05, 0.1) is 38.1 Å². The molecule has 0 saturated carbocycles. The highest BCUT2D eigenvalue weighted by Crippen LogP contribution is 2.38. The number of esters is 1. The summed E-state index contributed by atoms with van der Waals surface area (Å²) in [5.41, 5.74) is 2.63. The van der Waals surface area contributed by atoms with Gasteiger partial charge in [-0.1, -0.05) is 0 Å². The van der Waals surface area contributed by atoms with Gasteiger partial charge in [-0.2, -0.15) is 0 Å². The molecule has 49 heavy (non-hydrogen) atoms. The number of rotatable bonds is 10. The number of benzene rings is 3. The number of hydrogen-bond acceptors (Lipinski definition) is 10. The maximum Gasteiger partial charge on any atom is 0.348 e. The first kappa shape index (κ1) is 31.9. The second-order valence-electron chi connectivity index (χ2n) is 11.7. The summed E-state index contributed by atoms with van der Waals surface area (Å²) in [4.78, 5) is 57.6. The molecule has 7 rings (SSSR count). The van der Waals surface area contributed by atoms with E-state index in [1.54, 1.807) is 54.6 Å². The van der Waals surface area contributed by atoms with E-state index in [1.165, 1.54) is 25.6 Å². The van der Waals surface area contributed by atoms with Crippen molar-refractivity contribution in [1.82, 2.24) is 4.90 Å². The molecule has 1 unspecified atom stereocenters. The molecular formula is C36H32N4O8S. The standard InChI is InChI=1S/C36H32N4O8S/c1-45-28-17-25-26(37-19-24-5-3-11-40(24)35(25)43)18-29(28)47-12-4-6-33(41)38-22-7-9-27-20(13-22)15-30(48-27)34(42)39-23-8-10-31-21(14-23)16-32(49-31)36(44)46-2/h7-10,13-19,24H,3-6,11-12H2,1-2H3,(H,38,41)(H,39,42). The van der Waals surface area contributed by atoms with Crippen LogP contribution in [0.2, 0.25) is 0 Å². The maximum atomic E-state index is 13.1. The van der Waals surface area contributed by atoms with Gasteiger partial charge in [-0.15, -0.1) is 11.3 Å². The van der Waals surface area contributed by atoms with E-state index in [4.69, 9.17) is 18.6 Å². The average molecular weight is 681 g/mol. The number of ether oxygens (including phenoxy) is 3. The molecular weight excluding hydrogens is 648 g/mol. The highest BCUT2D eigenvalue weighted by molar-refractivity contribution is 7.20. The van der Waals surface area contributed by atoms with Gasteiger partial charge in [0.2, 0.25) is 5.91 Å². The molecule has 5 aromatic rings. The predicted octanol–water partition coefficient (Wildman–Crippen LogP) is 6.81. The van der Waals surface area contributed by atoms with Crippen LogP contribution >= 0.6 is 11.3 Å². The number of anilines is 2. The molecule has 2 aliphatic rings. The number of fused-ring (bicyclic) bond motifs is 4. The van der Waals surface area contributed by atoms with E-state index >= 15 is 0 Å². The zero-order valence-electron chi connectivity index (χ0n) is 26.7. The van der Waals surface area contributed by atoms with E-state index in [0.717, 1.165) is 22.9 Å². The van der Waals surface area contributed by atoms with Gasteiger partial charge in [0.1, 0.15) is 10.5 Å². The third-order valence-corrected chi connectivity index (χ3v) is 9.54. The van der Waals surface area contributed by atoms with Crippen molar-refractivity contribution in [3.63, 3.8) is 0 Å². The van der Waals surface area contributed by atoms with Gasteiger partial charge >= 0.3 is 5.97 Å². The molecule has 1 saturated heterocycles. The lowest BCUT2D eigenvalue weighted by atomic mass is 10.1. The smallest absolute Gasteiger partial charge is 0.348 e. The van der Waals surface area contributed by atoms with Crippen LogP contribution in [0.4, 0.5) is 17.1 Å². The summed E-state index contributed by atoms with van der Waals surface area (Å²) in [5, 5.41) is 7.17. The molecule has 250 valence electrons. The fourth-order valence-corrected chi connectivity index (χ4v) is 6.97. The molecule has 0 radical (unpaired) electrons. The van der Waals surface area contributed by atoms with Gasteiger partial charge in [-0.3, -0.25) is 19.4 Å². The van der Waals surface area contributed by atoms with Gasteiger partial charge in [0.15, 0.2) is 17.3 Å². The summed E-state index contributed by atoms with van der Waals surface area (Å²) < 4.78 is 22.9. The Labute approximate surface area is 284 Å². The van der Waals surface area contributed by atoms with Gasteiger partial charge in [-0.25, -0.2) is 4.79 Å². The molecule has 2 N–H and O–H groups in total. The second kappa shape index (κ2) is 13.4. The SMILES string of the molecule is COC(=O)c1cc2cc(NC(=O)c3cc4cc(NC(=O)CCCOc5cc6c(cc5OC)C(=O)N5CCCC5C=N6)ccc4o3)ccc2s1. The summed E-state index contributed by atoms with van der Waals surface area (Å²) in [6.07, 6.45) is 4.32. The average Bonchev–Trinajstić information content (AvgIpc) is 3.85. The molecule has 13 heteroatoms. The van der Waals surface area contributed by atoms with Crippen LogP contribution in [-0.4, -0.2) is 68.2 Å². The number of carbonyl (C=O) groups is 4. The summed E-state index contributed by atoms with van der Waals surface area (Å²) >= 11 is 1.31. The Balaban J connectivity index is 0.935. The Morgan fingerprint density at radius 3 is 2.63 bits per heavy atom. The zero-order valence-corrected chi connectivity index (χ0v) is 27.6. The molecule has 1 fully saturated rings. The van der Waals surface area contributed by atoms with Crippen LogP contribution in [0.25, 0.3) is 21.1 Å². The molecule has 2 aliphatic heterocycles. The number of furan rings is 1. The minimum absolute atomic E-state index is 0.00797. The van der Waals surface area contributed by atoms with Crippen LogP contribution in [-0.2, 0) is 9.53 Å². The molecule has 0 spiro atoms. The van der Waals surface area contributed by atoms with Crippen LogP contribution in [0.5, 0.6) is 11.5 Å². The summed E-state index contributed by atoms with van der Waals surface area (Å²) in [5.74, 6) is -0.105. The monoisotopic (exact) mass is 680 g/mol. The maximum absolute atomic E-state index is 13.1. The fourth-order valence-electron chi connectivity index (χ4n) is 6.01. The number of nitrogens with one attached hydrogen (secondary N) is 2. The Morgan fingerprint density at radius 1 is 0.980 bits per heavy atom. The third kappa shape index (κ3) is 6.57. The molecule has 12 nitrogen and oxygen atoms in total. The van der Waals surface area contributed by atoms with Crippen molar-refractivity contribution >= 4 is 79.4 Å². The molecule has 4 heterocycles. The number of thiophene rings is 1. The van der Waals surface area contributed by atoms with Crippen LogP contribution in [0.1, 0.15) is 56.3 Å². The van der Waals surface area contributed by atoms with Crippen molar-refractivity contribution in [3.8, 4) is 11.5 Å². The van der Waals surface area contributed by atoms with Crippen molar-refractivity contribution in [2.24, 2.45) is 4.99 Å². The van der Waals surface area contributed by atoms with Gasteiger partial charge in [-0.05, 0) is 79.2 Å².